The van der Waals surface area contributed by atoms with Gasteiger partial charge in [0.15, 0.2) is 0 Å². The lowest BCUT2D eigenvalue weighted by Gasteiger charge is -2.49. The molecule has 1 N–H and O–H groups in total. The van der Waals surface area contributed by atoms with Gasteiger partial charge < -0.3 is 5.11 Å². The second kappa shape index (κ2) is 5.47. The predicted octanol–water partition coefficient (Wildman–Crippen LogP) is 3.13. The van der Waals surface area contributed by atoms with Crippen LogP contribution in [0.4, 0.5) is 4.39 Å². The number of nitrogens with zero attached hydrogens (tertiary/aromatic N) is 3. The average Bonchev–Trinajstić information content (AvgIpc) is 2.97. The van der Waals surface area contributed by atoms with Crippen LogP contribution in [0.1, 0.15) is 38.7 Å². The van der Waals surface area contributed by atoms with Gasteiger partial charge in [-0.2, -0.15) is 5.10 Å². The highest BCUT2D eigenvalue weighted by Gasteiger charge is 2.49. The zero-order valence-electron chi connectivity index (χ0n) is 13.0. The molecule has 1 aromatic heterocycles. The number of hydrogen-bond acceptors (Lipinski definition) is 3. The highest BCUT2D eigenvalue weighted by Crippen LogP contribution is 2.52. The minimum absolute atomic E-state index is 0.246. The molecular formula is C17H22FN3O. The first-order valence-corrected chi connectivity index (χ1v) is 7.71. The van der Waals surface area contributed by atoms with E-state index in [1.54, 1.807) is 18.5 Å². The molecule has 2 aromatic rings. The van der Waals surface area contributed by atoms with Crippen molar-refractivity contribution in [3.05, 3.63) is 48.3 Å². The van der Waals surface area contributed by atoms with Gasteiger partial charge in [-0.15, -0.1) is 0 Å². The van der Waals surface area contributed by atoms with Gasteiger partial charge in [-0.25, -0.2) is 9.37 Å². The first-order chi connectivity index (χ1) is 10.4. The molecule has 0 spiro atoms. The highest BCUT2D eigenvalue weighted by atomic mass is 19.1. The van der Waals surface area contributed by atoms with E-state index in [1.807, 2.05) is 4.68 Å². The summed E-state index contributed by atoms with van der Waals surface area (Å²) in [6, 6.07) is 6.25. The molecule has 1 saturated carbocycles. The number of rotatable bonds is 3. The van der Waals surface area contributed by atoms with Crippen molar-refractivity contribution in [1.82, 2.24) is 14.8 Å². The van der Waals surface area contributed by atoms with Crippen LogP contribution in [0.5, 0.6) is 0 Å². The molecule has 0 saturated heterocycles. The van der Waals surface area contributed by atoms with E-state index in [0.717, 1.165) is 24.9 Å². The lowest BCUT2D eigenvalue weighted by molar-refractivity contribution is -0.122. The number of halogens is 1. The van der Waals surface area contributed by atoms with Crippen LogP contribution < -0.4 is 0 Å². The molecule has 0 amide bonds. The number of aliphatic hydroxyl groups is 1. The smallest absolute Gasteiger partial charge is 0.137 e. The Balaban J connectivity index is 1.86. The van der Waals surface area contributed by atoms with Crippen LogP contribution in [0.3, 0.4) is 0 Å². The van der Waals surface area contributed by atoms with Crippen molar-refractivity contribution in [3.63, 3.8) is 0 Å². The molecule has 118 valence electrons. The fourth-order valence-corrected chi connectivity index (χ4v) is 3.55. The van der Waals surface area contributed by atoms with Gasteiger partial charge in [-0.3, -0.25) is 4.68 Å². The zero-order valence-corrected chi connectivity index (χ0v) is 13.0. The molecule has 0 unspecified atom stereocenters. The normalized spacial score (nSPS) is 27.7. The first kappa shape index (κ1) is 15.2. The SMILES string of the molecule is CC1(C)CC[C@@H](Cn2cncn2)C[C@@]1(O)c1ccc(F)cc1. The minimum atomic E-state index is -0.954. The maximum Gasteiger partial charge on any atom is 0.137 e. The molecule has 2 atom stereocenters. The quantitative estimate of drug-likeness (QED) is 0.947. The van der Waals surface area contributed by atoms with Crippen molar-refractivity contribution in [1.29, 1.82) is 0 Å². The van der Waals surface area contributed by atoms with E-state index in [9.17, 15) is 9.50 Å². The van der Waals surface area contributed by atoms with Crippen LogP contribution in [0.25, 0.3) is 0 Å². The Kier molecular flexibility index (Phi) is 3.77. The Morgan fingerprint density at radius 1 is 1.32 bits per heavy atom. The van der Waals surface area contributed by atoms with E-state index in [4.69, 9.17) is 0 Å². The summed E-state index contributed by atoms with van der Waals surface area (Å²) in [5, 5.41) is 15.5. The van der Waals surface area contributed by atoms with Crippen molar-refractivity contribution in [2.45, 2.75) is 45.3 Å². The molecule has 5 heteroatoms. The number of benzene rings is 1. The fraction of sp³-hybridized carbons (Fsp3) is 0.529. The van der Waals surface area contributed by atoms with Crippen molar-refractivity contribution in [3.8, 4) is 0 Å². The maximum atomic E-state index is 13.2. The summed E-state index contributed by atoms with van der Waals surface area (Å²) in [5.74, 6) is 0.0462. The molecule has 1 fully saturated rings. The third-order valence-electron chi connectivity index (χ3n) is 5.11. The zero-order chi connectivity index (χ0) is 15.8. The van der Waals surface area contributed by atoms with Crippen LogP contribution in [0.15, 0.2) is 36.9 Å². The summed E-state index contributed by atoms with van der Waals surface area (Å²) >= 11 is 0. The topological polar surface area (TPSA) is 50.9 Å². The molecule has 0 aliphatic heterocycles. The Morgan fingerprint density at radius 3 is 2.68 bits per heavy atom. The predicted molar refractivity (Wildman–Crippen MR) is 81.4 cm³/mol. The second-order valence-electron chi connectivity index (χ2n) is 6.98. The molecule has 22 heavy (non-hydrogen) atoms. The first-order valence-electron chi connectivity index (χ1n) is 7.71. The lowest BCUT2D eigenvalue weighted by atomic mass is 9.60. The van der Waals surface area contributed by atoms with E-state index in [2.05, 4.69) is 23.9 Å². The Morgan fingerprint density at radius 2 is 2.05 bits per heavy atom. The molecular weight excluding hydrogens is 281 g/mol. The van der Waals surface area contributed by atoms with Gasteiger partial charge in [-0.1, -0.05) is 26.0 Å². The number of hydrogen-bond donors (Lipinski definition) is 1. The standard InChI is InChI=1S/C17H22FN3O/c1-16(2)8-7-13(10-21-12-19-11-20-21)9-17(16,22)14-3-5-15(18)6-4-14/h3-6,11-13,22H,7-10H2,1-2H3/t13-,17-/m1/s1. The van der Waals surface area contributed by atoms with Gasteiger partial charge in [0, 0.05) is 6.54 Å². The summed E-state index contributed by atoms with van der Waals surface area (Å²) in [5.41, 5.74) is -0.407. The van der Waals surface area contributed by atoms with E-state index in [-0.39, 0.29) is 11.2 Å². The van der Waals surface area contributed by atoms with Crippen molar-refractivity contribution >= 4 is 0 Å². The number of aromatic nitrogens is 3. The molecule has 0 bridgehead atoms. The summed E-state index contributed by atoms with van der Waals surface area (Å²) in [6.45, 7) is 4.92. The summed E-state index contributed by atoms with van der Waals surface area (Å²) < 4.78 is 15.0. The third kappa shape index (κ3) is 2.65. The summed E-state index contributed by atoms with van der Waals surface area (Å²) in [7, 11) is 0. The lowest BCUT2D eigenvalue weighted by Crippen LogP contribution is -2.47. The van der Waals surface area contributed by atoms with Gasteiger partial charge in [0.05, 0.1) is 5.60 Å². The van der Waals surface area contributed by atoms with Crippen LogP contribution in [0.2, 0.25) is 0 Å². The van der Waals surface area contributed by atoms with Gasteiger partial charge in [-0.05, 0) is 48.3 Å². The van der Waals surface area contributed by atoms with Crippen molar-refractivity contribution in [2.75, 3.05) is 0 Å². The molecule has 0 radical (unpaired) electrons. The Labute approximate surface area is 130 Å². The Bertz CT molecular complexity index is 624. The monoisotopic (exact) mass is 303 g/mol. The van der Waals surface area contributed by atoms with E-state index in [1.165, 1.54) is 18.5 Å². The highest BCUT2D eigenvalue weighted by molar-refractivity contribution is 5.26. The molecule has 1 aliphatic rings. The fourth-order valence-electron chi connectivity index (χ4n) is 3.55. The summed E-state index contributed by atoms with van der Waals surface area (Å²) in [4.78, 5) is 3.97. The largest absolute Gasteiger partial charge is 0.385 e. The van der Waals surface area contributed by atoms with E-state index < -0.39 is 5.60 Å². The van der Waals surface area contributed by atoms with Crippen molar-refractivity contribution in [2.24, 2.45) is 11.3 Å². The van der Waals surface area contributed by atoms with Gasteiger partial charge in [0.2, 0.25) is 0 Å². The van der Waals surface area contributed by atoms with Gasteiger partial charge in [0.25, 0.3) is 0 Å². The molecule has 1 heterocycles. The van der Waals surface area contributed by atoms with Crippen LogP contribution in [0, 0.1) is 17.2 Å². The van der Waals surface area contributed by atoms with Crippen LogP contribution in [-0.4, -0.2) is 19.9 Å². The maximum absolute atomic E-state index is 13.2. The van der Waals surface area contributed by atoms with Gasteiger partial charge >= 0.3 is 0 Å². The molecule has 1 aromatic carbocycles. The second-order valence-corrected chi connectivity index (χ2v) is 6.98. The van der Waals surface area contributed by atoms with E-state index >= 15 is 0 Å². The van der Waals surface area contributed by atoms with Crippen LogP contribution >= 0.6 is 0 Å². The van der Waals surface area contributed by atoms with Gasteiger partial charge in [0.1, 0.15) is 18.5 Å². The average molecular weight is 303 g/mol. The Hall–Kier alpha value is -1.75. The van der Waals surface area contributed by atoms with E-state index in [0.29, 0.717) is 12.3 Å². The summed E-state index contributed by atoms with van der Waals surface area (Å²) in [6.07, 6.45) is 5.83. The third-order valence-corrected chi connectivity index (χ3v) is 5.11. The minimum Gasteiger partial charge on any atom is -0.385 e. The van der Waals surface area contributed by atoms with Crippen LogP contribution in [-0.2, 0) is 12.1 Å². The molecule has 1 aliphatic carbocycles. The van der Waals surface area contributed by atoms with Crippen molar-refractivity contribution < 1.29 is 9.50 Å². The molecule has 3 rings (SSSR count). The molecule has 4 nitrogen and oxygen atoms in total.